The van der Waals surface area contributed by atoms with E-state index in [9.17, 15) is 4.79 Å². The normalized spacial score (nSPS) is 27.9. The molecule has 0 radical (unpaired) electrons. The number of fused-ring (bicyclic) bond motifs is 1. The van der Waals surface area contributed by atoms with Crippen molar-refractivity contribution in [2.75, 3.05) is 13.2 Å². The average Bonchev–Trinajstić information content (AvgIpc) is 2.97. The lowest BCUT2D eigenvalue weighted by molar-refractivity contribution is 0.0945. The summed E-state index contributed by atoms with van der Waals surface area (Å²) in [5.74, 6) is -0.139. The van der Waals surface area contributed by atoms with Crippen LogP contribution in [0.15, 0.2) is 24.3 Å². The number of hydrogen-bond acceptors (Lipinski definition) is 3. The number of amides is 1. The Bertz CT molecular complexity index is 471. The van der Waals surface area contributed by atoms with Crippen molar-refractivity contribution in [3.63, 3.8) is 0 Å². The molecule has 102 valence electrons. The van der Waals surface area contributed by atoms with Crippen LogP contribution in [0.1, 0.15) is 35.2 Å². The van der Waals surface area contributed by atoms with Crippen LogP contribution in [0.25, 0.3) is 0 Å². The topological polar surface area (TPSA) is 61.9 Å². The molecular formula is C15H19NO3. The maximum absolute atomic E-state index is 11.7. The Labute approximate surface area is 112 Å². The fourth-order valence-corrected chi connectivity index (χ4v) is 3.01. The van der Waals surface area contributed by atoms with Gasteiger partial charge in [0.2, 0.25) is 0 Å². The van der Waals surface area contributed by atoms with Crippen molar-refractivity contribution < 1.29 is 14.6 Å². The van der Waals surface area contributed by atoms with Crippen LogP contribution in [0.2, 0.25) is 0 Å². The SMILES string of the molecule is O=C(NCCO)c1ccc(C[C@@]23CCC[C@@H]2O3)cc1. The number of ether oxygens (including phenoxy) is 1. The molecular weight excluding hydrogens is 242 g/mol. The smallest absolute Gasteiger partial charge is 0.251 e. The Morgan fingerprint density at radius 2 is 2.21 bits per heavy atom. The van der Waals surface area contributed by atoms with Gasteiger partial charge in [0.1, 0.15) is 0 Å². The highest BCUT2D eigenvalue weighted by atomic mass is 16.6. The number of hydrogen-bond donors (Lipinski definition) is 2. The van der Waals surface area contributed by atoms with Crippen LogP contribution < -0.4 is 5.32 Å². The zero-order valence-electron chi connectivity index (χ0n) is 10.9. The molecule has 0 unspecified atom stereocenters. The van der Waals surface area contributed by atoms with E-state index in [-0.39, 0.29) is 18.1 Å². The van der Waals surface area contributed by atoms with Crippen molar-refractivity contribution in [3.05, 3.63) is 35.4 Å². The van der Waals surface area contributed by atoms with Crippen molar-refractivity contribution >= 4 is 5.91 Å². The van der Waals surface area contributed by atoms with Gasteiger partial charge in [-0.2, -0.15) is 0 Å². The summed E-state index contributed by atoms with van der Waals surface area (Å²) >= 11 is 0. The fourth-order valence-electron chi connectivity index (χ4n) is 3.01. The van der Waals surface area contributed by atoms with Crippen molar-refractivity contribution in [2.45, 2.75) is 37.4 Å². The number of aliphatic hydroxyl groups excluding tert-OH is 1. The molecule has 4 nitrogen and oxygen atoms in total. The van der Waals surface area contributed by atoms with Crippen molar-refractivity contribution in [2.24, 2.45) is 0 Å². The van der Waals surface area contributed by atoms with E-state index >= 15 is 0 Å². The minimum Gasteiger partial charge on any atom is -0.395 e. The summed E-state index contributed by atoms with van der Waals surface area (Å²) in [6.45, 7) is 0.254. The van der Waals surface area contributed by atoms with E-state index < -0.39 is 0 Å². The van der Waals surface area contributed by atoms with Gasteiger partial charge in [-0.15, -0.1) is 0 Å². The third kappa shape index (κ3) is 2.51. The van der Waals surface area contributed by atoms with Crippen LogP contribution in [0.3, 0.4) is 0 Å². The summed E-state index contributed by atoms with van der Waals surface area (Å²) in [7, 11) is 0. The Hall–Kier alpha value is -1.39. The van der Waals surface area contributed by atoms with Gasteiger partial charge in [0.05, 0.1) is 18.3 Å². The molecule has 0 aromatic heterocycles. The summed E-state index contributed by atoms with van der Waals surface area (Å²) in [4.78, 5) is 11.7. The summed E-state index contributed by atoms with van der Waals surface area (Å²) in [6.07, 6.45) is 5.06. The summed E-state index contributed by atoms with van der Waals surface area (Å²) in [5, 5.41) is 11.3. The second-order valence-corrected chi connectivity index (χ2v) is 5.42. The second kappa shape index (κ2) is 4.94. The molecule has 1 aliphatic heterocycles. The Balaban J connectivity index is 1.61. The van der Waals surface area contributed by atoms with Crippen LogP contribution in [0.4, 0.5) is 0 Å². The number of carbonyl (C=O) groups is 1. The van der Waals surface area contributed by atoms with Gasteiger partial charge in [-0.25, -0.2) is 0 Å². The maximum Gasteiger partial charge on any atom is 0.251 e. The third-order valence-electron chi connectivity index (χ3n) is 4.09. The molecule has 1 aromatic rings. The van der Waals surface area contributed by atoms with E-state index in [1.165, 1.54) is 18.4 Å². The fraction of sp³-hybridized carbons (Fsp3) is 0.533. The molecule has 2 aliphatic rings. The molecule has 1 saturated heterocycles. The maximum atomic E-state index is 11.7. The van der Waals surface area contributed by atoms with E-state index in [0.717, 1.165) is 12.8 Å². The predicted octanol–water partition coefficient (Wildman–Crippen LogP) is 1.27. The number of carbonyl (C=O) groups excluding carboxylic acids is 1. The molecule has 1 saturated carbocycles. The predicted molar refractivity (Wildman–Crippen MR) is 71.0 cm³/mol. The van der Waals surface area contributed by atoms with Crippen molar-refractivity contribution in [3.8, 4) is 0 Å². The first-order chi connectivity index (χ1) is 9.23. The van der Waals surface area contributed by atoms with Crippen LogP contribution in [0.5, 0.6) is 0 Å². The number of benzene rings is 1. The van der Waals surface area contributed by atoms with Crippen molar-refractivity contribution in [1.82, 2.24) is 5.32 Å². The van der Waals surface area contributed by atoms with Crippen LogP contribution >= 0.6 is 0 Å². The molecule has 1 aliphatic carbocycles. The highest BCUT2D eigenvalue weighted by Crippen LogP contribution is 2.51. The molecule has 2 fully saturated rings. The third-order valence-corrected chi connectivity index (χ3v) is 4.09. The molecule has 19 heavy (non-hydrogen) atoms. The van der Waals surface area contributed by atoms with Gasteiger partial charge in [-0.05, 0) is 37.0 Å². The molecule has 3 rings (SSSR count). The highest BCUT2D eigenvalue weighted by molar-refractivity contribution is 5.94. The van der Waals surface area contributed by atoms with E-state index in [0.29, 0.717) is 18.2 Å². The van der Waals surface area contributed by atoms with E-state index in [1.54, 1.807) is 0 Å². The van der Waals surface area contributed by atoms with Gasteiger partial charge in [-0.3, -0.25) is 4.79 Å². The molecule has 2 N–H and O–H groups in total. The molecule has 1 amide bonds. The zero-order chi connectivity index (χ0) is 13.3. The summed E-state index contributed by atoms with van der Waals surface area (Å²) in [5.41, 5.74) is 1.97. The molecule has 4 heteroatoms. The van der Waals surface area contributed by atoms with Gasteiger partial charge >= 0.3 is 0 Å². The van der Waals surface area contributed by atoms with Gasteiger partial charge in [0, 0.05) is 18.5 Å². The number of rotatable bonds is 5. The average molecular weight is 261 g/mol. The Kier molecular flexibility index (Phi) is 3.29. The zero-order valence-corrected chi connectivity index (χ0v) is 10.9. The van der Waals surface area contributed by atoms with Gasteiger partial charge in [-0.1, -0.05) is 12.1 Å². The Morgan fingerprint density at radius 3 is 2.79 bits per heavy atom. The highest BCUT2D eigenvalue weighted by Gasteiger charge is 2.58. The first-order valence-corrected chi connectivity index (χ1v) is 6.89. The quantitative estimate of drug-likeness (QED) is 0.785. The first kappa shape index (κ1) is 12.6. The monoisotopic (exact) mass is 261 g/mol. The summed E-state index contributed by atoms with van der Waals surface area (Å²) in [6, 6.07) is 7.68. The lowest BCUT2D eigenvalue weighted by Crippen LogP contribution is -2.26. The van der Waals surface area contributed by atoms with Gasteiger partial charge in [0.15, 0.2) is 0 Å². The number of nitrogens with one attached hydrogen (secondary N) is 1. The van der Waals surface area contributed by atoms with Crippen LogP contribution in [-0.2, 0) is 11.2 Å². The van der Waals surface area contributed by atoms with Gasteiger partial charge in [0.25, 0.3) is 5.91 Å². The first-order valence-electron chi connectivity index (χ1n) is 6.89. The molecule has 1 heterocycles. The summed E-state index contributed by atoms with van der Waals surface area (Å²) < 4.78 is 5.77. The molecule has 2 atom stereocenters. The van der Waals surface area contributed by atoms with E-state index in [2.05, 4.69) is 5.32 Å². The lowest BCUT2D eigenvalue weighted by Gasteiger charge is -2.09. The number of aliphatic hydroxyl groups is 1. The van der Waals surface area contributed by atoms with E-state index in [1.807, 2.05) is 24.3 Å². The number of epoxide rings is 1. The van der Waals surface area contributed by atoms with Crippen LogP contribution in [-0.4, -0.2) is 35.9 Å². The lowest BCUT2D eigenvalue weighted by atomic mass is 9.96. The standard InChI is InChI=1S/C15H19NO3/c17-9-8-16-14(18)12-5-3-11(4-6-12)10-15-7-1-2-13(15)19-15/h3-6,13,17H,1-2,7-10H2,(H,16,18)/t13-,15-/m0/s1. The molecule has 1 aromatic carbocycles. The Morgan fingerprint density at radius 1 is 1.42 bits per heavy atom. The van der Waals surface area contributed by atoms with Crippen LogP contribution in [0, 0.1) is 0 Å². The van der Waals surface area contributed by atoms with E-state index in [4.69, 9.17) is 9.84 Å². The minimum absolute atomic E-state index is 0.0366. The largest absolute Gasteiger partial charge is 0.395 e. The second-order valence-electron chi connectivity index (χ2n) is 5.42. The van der Waals surface area contributed by atoms with Crippen molar-refractivity contribution in [1.29, 1.82) is 0 Å². The van der Waals surface area contributed by atoms with Gasteiger partial charge < -0.3 is 15.2 Å². The molecule has 0 bridgehead atoms. The minimum atomic E-state index is -0.139. The molecule has 0 spiro atoms.